The summed E-state index contributed by atoms with van der Waals surface area (Å²) in [6.07, 6.45) is -1.48. The molecule has 0 saturated carbocycles. The van der Waals surface area contributed by atoms with Gasteiger partial charge in [0, 0.05) is 12.6 Å². The van der Waals surface area contributed by atoms with E-state index in [1.807, 2.05) is 13.8 Å². The van der Waals surface area contributed by atoms with Gasteiger partial charge in [-0.25, -0.2) is 0 Å². The second-order valence-corrected chi connectivity index (χ2v) is 4.45. The van der Waals surface area contributed by atoms with Crippen molar-refractivity contribution in [3.63, 3.8) is 0 Å². The number of hydrogen-bond acceptors (Lipinski definition) is 2. The third-order valence-electron chi connectivity index (χ3n) is 2.69. The number of aromatic nitrogens is 1. The summed E-state index contributed by atoms with van der Waals surface area (Å²) in [5, 5.41) is 0. The van der Waals surface area contributed by atoms with Crippen LogP contribution >= 0.6 is 0 Å². The summed E-state index contributed by atoms with van der Waals surface area (Å²) in [6, 6.07) is 2.04. The maximum atomic E-state index is 12.3. The minimum atomic E-state index is -4.41. The SMILES string of the molecule is CCCC(C)CC(=O)c1ccc(C(F)(F)F)cn1. The Balaban J connectivity index is 2.71. The molecule has 0 aromatic carbocycles. The number of rotatable bonds is 5. The minimum absolute atomic E-state index is 0.103. The Morgan fingerprint density at radius 2 is 2.06 bits per heavy atom. The molecule has 18 heavy (non-hydrogen) atoms. The van der Waals surface area contributed by atoms with Gasteiger partial charge in [0.15, 0.2) is 5.78 Å². The van der Waals surface area contributed by atoms with Crippen LogP contribution in [0.1, 0.15) is 49.2 Å². The van der Waals surface area contributed by atoms with Gasteiger partial charge in [0.1, 0.15) is 5.69 Å². The van der Waals surface area contributed by atoms with Crippen LogP contribution in [0.25, 0.3) is 0 Å². The fourth-order valence-corrected chi connectivity index (χ4v) is 1.74. The molecule has 0 aliphatic carbocycles. The number of nitrogens with zero attached hydrogens (tertiary/aromatic N) is 1. The minimum Gasteiger partial charge on any atom is -0.292 e. The van der Waals surface area contributed by atoms with Gasteiger partial charge in [-0.2, -0.15) is 13.2 Å². The molecule has 0 bridgehead atoms. The van der Waals surface area contributed by atoms with E-state index >= 15 is 0 Å². The fourth-order valence-electron chi connectivity index (χ4n) is 1.74. The highest BCUT2D eigenvalue weighted by Gasteiger charge is 2.30. The van der Waals surface area contributed by atoms with Crippen molar-refractivity contribution in [2.24, 2.45) is 5.92 Å². The summed E-state index contributed by atoms with van der Waals surface area (Å²) in [5.74, 6) is 0.0243. The van der Waals surface area contributed by atoms with E-state index in [1.165, 1.54) is 0 Å². The molecule has 1 atom stereocenters. The predicted octanol–water partition coefficient (Wildman–Crippen LogP) is 4.11. The van der Waals surface area contributed by atoms with Crippen LogP contribution in [0.4, 0.5) is 13.2 Å². The summed E-state index contributed by atoms with van der Waals surface area (Å²) in [5.41, 5.74) is -0.730. The normalized spacial score (nSPS) is 13.4. The Bertz CT molecular complexity index is 398. The van der Waals surface area contributed by atoms with Crippen molar-refractivity contribution in [3.8, 4) is 0 Å². The zero-order chi connectivity index (χ0) is 13.8. The van der Waals surface area contributed by atoms with Crippen LogP contribution in [0.3, 0.4) is 0 Å². The highest BCUT2D eigenvalue weighted by Crippen LogP contribution is 2.28. The van der Waals surface area contributed by atoms with Crippen LogP contribution in [0.5, 0.6) is 0 Å². The first kappa shape index (κ1) is 14.7. The maximum Gasteiger partial charge on any atom is 0.417 e. The molecular weight excluding hydrogens is 243 g/mol. The second kappa shape index (κ2) is 5.98. The lowest BCUT2D eigenvalue weighted by atomic mass is 9.98. The first-order valence-electron chi connectivity index (χ1n) is 5.91. The molecule has 100 valence electrons. The number of hydrogen-bond donors (Lipinski definition) is 0. The average molecular weight is 259 g/mol. The summed E-state index contributed by atoms with van der Waals surface area (Å²) >= 11 is 0. The Morgan fingerprint density at radius 1 is 1.39 bits per heavy atom. The maximum absolute atomic E-state index is 12.3. The summed E-state index contributed by atoms with van der Waals surface area (Å²) in [4.78, 5) is 15.3. The van der Waals surface area contributed by atoms with Crippen molar-refractivity contribution in [2.75, 3.05) is 0 Å². The van der Waals surface area contributed by atoms with Gasteiger partial charge in [-0.05, 0) is 18.1 Å². The molecule has 0 N–H and O–H groups in total. The number of carbonyl (C=O) groups excluding carboxylic acids is 1. The van der Waals surface area contributed by atoms with E-state index in [4.69, 9.17) is 0 Å². The molecule has 0 fully saturated rings. The predicted molar refractivity (Wildman–Crippen MR) is 62.3 cm³/mol. The molecule has 2 nitrogen and oxygen atoms in total. The Kier molecular flexibility index (Phi) is 4.87. The molecule has 0 aliphatic heterocycles. The van der Waals surface area contributed by atoms with Gasteiger partial charge in [-0.15, -0.1) is 0 Å². The Morgan fingerprint density at radius 3 is 2.50 bits per heavy atom. The second-order valence-electron chi connectivity index (χ2n) is 4.45. The topological polar surface area (TPSA) is 30.0 Å². The van der Waals surface area contributed by atoms with Crippen LogP contribution in [-0.2, 0) is 6.18 Å². The molecule has 0 spiro atoms. The van der Waals surface area contributed by atoms with Crippen molar-refractivity contribution < 1.29 is 18.0 Å². The first-order valence-corrected chi connectivity index (χ1v) is 5.91. The van der Waals surface area contributed by atoms with Gasteiger partial charge in [0.25, 0.3) is 0 Å². The number of Topliss-reactive ketones (excluding diaryl/α,β-unsaturated/α-hetero) is 1. The smallest absolute Gasteiger partial charge is 0.292 e. The van der Waals surface area contributed by atoms with Crippen LogP contribution in [0.2, 0.25) is 0 Å². The standard InChI is InChI=1S/C13H16F3NO/c1-3-4-9(2)7-12(18)11-6-5-10(8-17-11)13(14,15)16/h5-6,8-9H,3-4,7H2,1-2H3. The molecule has 1 rings (SSSR count). The molecule has 1 unspecified atom stereocenters. The molecule has 0 radical (unpaired) electrons. The summed E-state index contributed by atoms with van der Waals surface area (Å²) in [6.45, 7) is 3.98. The van der Waals surface area contributed by atoms with Gasteiger partial charge in [-0.3, -0.25) is 9.78 Å². The lowest BCUT2D eigenvalue weighted by molar-refractivity contribution is -0.137. The molecule has 0 amide bonds. The zero-order valence-electron chi connectivity index (χ0n) is 10.4. The number of carbonyl (C=O) groups is 1. The van der Waals surface area contributed by atoms with E-state index in [1.54, 1.807) is 0 Å². The van der Waals surface area contributed by atoms with E-state index in [-0.39, 0.29) is 17.4 Å². The van der Waals surface area contributed by atoms with Crippen molar-refractivity contribution in [1.82, 2.24) is 4.98 Å². The Hall–Kier alpha value is -1.39. The van der Waals surface area contributed by atoms with Gasteiger partial charge >= 0.3 is 6.18 Å². The number of pyridine rings is 1. The molecule has 0 saturated heterocycles. The van der Waals surface area contributed by atoms with E-state index < -0.39 is 11.7 Å². The van der Waals surface area contributed by atoms with E-state index in [0.717, 1.165) is 25.0 Å². The van der Waals surface area contributed by atoms with Crippen LogP contribution in [0, 0.1) is 5.92 Å². The van der Waals surface area contributed by atoms with Gasteiger partial charge in [0.2, 0.25) is 0 Å². The van der Waals surface area contributed by atoms with E-state index in [2.05, 4.69) is 4.98 Å². The quantitative estimate of drug-likeness (QED) is 0.745. The van der Waals surface area contributed by atoms with E-state index in [9.17, 15) is 18.0 Å². The highest BCUT2D eigenvalue weighted by molar-refractivity contribution is 5.94. The lowest BCUT2D eigenvalue weighted by Crippen LogP contribution is -2.10. The lowest BCUT2D eigenvalue weighted by Gasteiger charge is -2.09. The molecule has 5 heteroatoms. The monoisotopic (exact) mass is 259 g/mol. The summed E-state index contributed by atoms with van der Waals surface area (Å²) in [7, 11) is 0. The average Bonchev–Trinajstić information content (AvgIpc) is 2.28. The molecule has 0 aliphatic rings. The molecular formula is C13H16F3NO. The van der Waals surface area contributed by atoms with Crippen molar-refractivity contribution in [1.29, 1.82) is 0 Å². The first-order chi connectivity index (χ1) is 8.34. The van der Waals surface area contributed by atoms with Crippen LogP contribution < -0.4 is 0 Å². The highest BCUT2D eigenvalue weighted by atomic mass is 19.4. The Labute approximate surface area is 104 Å². The molecule has 1 aromatic heterocycles. The molecule has 1 aromatic rings. The zero-order valence-corrected chi connectivity index (χ0v) is 10.4. The molecule has 1 heterocycles. The van der Waals surface area contributed by atoms with Crippen LogP contribution in [-0.4, -0.2) is 10.8 Å². The van der Waals surface area contributed by atoms with Crippen molar-refractivity contribution in [3.05, 3.63) is 29.6 Å². The van der Waals surface area contributed by atoms with Crippen molar-refractivity contribution >= 4 is 5.78 Å². The van der Waals surface area contributed by atoms with Gasteiger partial charge in [-0.1, -0.05) is 26.7 Å². The number of halogens is 3. The number of alkyl halides is 3. The largest absolute Gasteiger partial charge is 0.417 e. The van der Waals surface area contributed by atoms with Crippen LogP contribution in [0.15, 0.2) is 18.3 Å². The van der Waals surface area contributed by atoms with Gasteiger partial charge < -0.3 is 0 Å². The fraction of sp³-hybridized carbons (Fsp3) is 0.538. The third-order valence-corrected chi connectivity index (χ3v) is 2.69. The van der Waals surface area contributed by atoms with Crippen molar-refractivity contribution in [2.45, 2.75) is 39.3 Å². The van der Waals surface area contributed by atoms with E-state index in [0.29, 0.717) is 12.6 Å². The van der Waals surface area contributed by atoms with Gasteiger partial charge in [0.05, 0.1) is 5.56 Å². The summed E-state index contributed by atoms with van der Waals surface area (Å²) < 4.78 is 36.9. The third kappa shape index (κ3) is 4.13. The number of ketones is 1.